The second-order valence-electron chi connectivity index (χ2n) is 4.00. The second kappa shape index (κ2) is 12.4. The van der Waals surface area contributed by atoms with Crippen molar-refractivity contribution in [3.05, 3.63) is 0 Å². The summed E-state index contributed by atoms with van der Waals surface area (Å²) in [5.74, 6) is 1.95. The lowest BCUT2D eigenvalue weighted by Crippen LogP contribution is -2.44. The van der Waals surface area contributed by atoms with E-state index >= 15 is 0 Å². The van der Waals surface area contributed by atoms with Crippen molar-refractivity contribution >= 4 is 42.5 Å². The molecule has 1 unspecified atom stereocenters. The van der Waals surface area contributed by atoms with Crippen LogP contribution in [-0.2, 0) is 4.79 Å². The molecule has 0 saturated carbocycles. The molecule has 110 valence electrons. The second-order valence-corrected chi connectivity index (χ2v) is 5.03. The van der Waals surface area contributed by atoms with Crippen LogP contribution in [0.2, 0.25) is 0 Å². The van der Waals surface area contributed by atoms with E-state index in [1.54, 1.807) is 11.8 Å². The number of likely N-dealkylation sites (N-methyl/N-ethyl adjacent to an activating group) is 1. The summed E-state index contributed by atoms with van der Waals surface area (Å²) in [6, 6.07) is 0.0197. The molecule has 18 heavy (non-hydrogen) atoms. The zero-order valence-corrected chi connectivity index (χ0v) is 13.6. The Kier molecular flexibility index (Phi) is 14.2. The number of carbonyl (C=O) groups excluding carboxylic acids is 1. The Hall–Kier alpha value is 0.320. The smallest absolute Gasteiger partial charge is 0.238 e. The molecule has 1 fully saturated rings. The molecule has 1 atom stereocenters. The van der Waals surface area contributed by atoms with Gasteiger partial charge in [0, 0.05) is 24.7 Å². The first-order valence-electron chi connectivity index (χ1n) is 6.09. The summed E-state index contributed by atoms with van der Waals surface area (Å²) in [5.41, 5.74) is 0. The van der Waals surface area contributed by atoms with Crippen molar-refractivity contribution in [2.24, 2.45) is 0 Å². The number of hydrogen-bond acceptors (Lipinski definition) is 4. The van der Waals surface area contributed by atoms with Crippen LogP contribution in [0.4, 0.5) is 0 Å². The molecular weight excluding hydrogens is 293 g/mol. The Bertz CT molecular complexity index is 216. The van der Waals surface area contributed by atoms with Gasteiger partial charge < -0.3 is 10.2 Å². The number of amides is 1. The maximum Gasteiger partial charge on any atom is 0.238 e. The number of nitrogens with zero attached hydrogens (tertiary/aromatic N) is 1. The number of thioether (sulfide) groups is 1. The van der Waals surface area contributed by atoms with Gasteiger partial charge in [-0.3, -0.25) is 10.1 Å². The summed E-state index contributed by atoms with van der Waals surface area (Å²) in [4.78, 5) is 14.0. The average Bonchev–Trinajstić information content (AvgIpc) is 2.81. The molecular formula is C11H25Cl2N3OS. The van der Waals surface area contributed by atoms with Gasteiger partial charge in [0.1, 0.15) is 0 Å². The van der Waals surface area contributed by atoms with Crippen LogP contribution in [0.5, 0.6) is 0 Å². The largest absolute Gasteiger partial charge is 0.353 e. The van der Waals surface area contributed by atoms with Gasteiger partial charge in [-0.1, -0.05) is 13.8 Å². The molecule has 0 aromatic heterocycles. The van der Waals surface area contributed by atoms with E-state index in [-0.39, 0.29) is 36.8 Å². The molecule has 0 spiro atoms. The highest BCUT2D eigenvalue weighted by Crippen LogP contribution is 2.08. The average molecular weight is 318 g/mol. The Labute approximate surface area is 127 Å². The molecule has 0 bridgehead atoms. The minimum Gasteiger partial charge on any atom is -0.353 e. The maximum atomic E-state index is 11.7. The first-order chi connectivity index (χ1) is 7.77. The topological polar surface area (TPSA) is 44.4 Å². The molecule has 1 rings (SSSR count). The summed E-state index contributed by atoms with van der Waals surface area (Å²) in [5, 5.41) is 6.16. The van der Waals surface area contributed by atoms with Gasteiger partial charge in [0.15, 0.2) is 0 Å². The summed E-state index contributed by atoms with van der Waals surface area (Å²) in [6.45, 7) is 8.23. The predicted octanol–water partition coefficient (Wildman–Crippen LogP) is 1.34. The van der Waals surface area contributed by atoms with E-state index in [9.17, 15) is 4.79 Å². The standard InChI is InChI=1S/C11H23N3OS.2ClH/c1-3-6-14(4-2)7-5-12-11(15)10-8-16-9-13-10;;/h10,13H,3-9H2,1-2H3,(H,12,15);2*1H. The van der Waals surface area contributed by atoms with Gasteiger partial charge in [-0.25, -0.2) is 0 Å². The quantitative estimate of drug-likeness (QED) is 0.744. The SMILES string of the molecule is CCCN(CC)CCNC(=O)C1CSCN1.Cl.Cl. The normalized spacial score (nSPS) is 18.1. The maximum absolute atomic E-state index is 11.7. The lowest BCUT2D eigenvalue weighted by atomic mass is 10.3. The Balaban J connectivity index is 0. The van der Waals surface area contributed by atoms with Crippen LogP contribution in [0.3, 0.4) is 0 Å². The van der Waals surface area contributed by atoms with Crippen molar-refractivity contribution < 1.29 is 4.79 Å². The molecule has 1 heterocycles. The predicted molar refractivity (Wildman–Crippen MR) is 84.2 cm³/mol. The Morgan fingerprint density at radius 2 is 2.11 bits per heavy atom. The molecule has 1 amide bonds. The first kappa shape index (κ1) is 20.6. The fourth-order valence-corrected chi connectivity index (χ4v) is 2.71. The third-order valence-corrected chi connectivity index (χ3v) is 3.69. The highest BCUT2D eigenvalue weighted by atomic mass is 35.5. The molecule has 1 aliphatic rings. The molecule has 2 N–H and O–H groups in total. The number of nitrogens with one attached hydrogen (secondary N) is 2. The van der Waals surface area contributed by atoms with Crippen LogP contribution in [0.25, 0.3) is 0 Å². The third kappa shape index (κ3) is 7.69. The molecule has 1 aliphatic heterocycles. The molecule has 7 heteroatoms. The highest BCUT2D eigenvalue weighted by Gasteiger charge is 2.21. The van der Waals surface area contributed by atoms with E-state index in [0.29, 0.717) is 0 Å². The van der Waals surface area contributed by atoms with Crippen molar-refractivity contribution in [1.29, 1.82) is 0 Å². The summed E-state index contributed by atoms with van der Waals surface area (Å²) in [6.07, 6.45) is 1.17. The van der Waals surface area contributed by atoms with Gasteiger partial charge in [-0.15, -0.1) is 36.6 Å². The zero-order chi connectivity index (χ0) is 11.8. The van der Waals surface area contributed by atoms with Crippen LogP contribution in [0.1, 0.15) is 20.3 Å². The van der Waals surface area contributed by atoms with Crippen molar-refractivity contribution in [3.8, 4) is 0 Å². The van der Waals surface area contributed by atoms with Crippen LogP contribution >= 0.6 is 36.6 Å². The van der Waals surface area contributed by atoms with Crippen molar-refractivity contribution in [2.75, 3.05) is 37.8 Å². The number of rotatable bonds is 7. The van der Waals surface area contributed by atoms with Gasteiger partial charge in [-0.2, -0.15) is 0 Å². The minimum atomic E-state index is 0. The molecule has 0 aromatic rings. The van der Waals surface area contributed by atoms with Gasteiger partial charge in [0.25, 0.3) is 0 Å². The van der Waals surface area contributed by atoms with Crippen LogP contribution < -0.4 is 10.6 Å². The summed E-state index contributed by atoms with van der Waals surface area (Å²) in [7, 11) is 0. The summed E-state index contributed by atoms with van der Waals surface area (Å²) < 4.78 is 0. The van der Waals surface area contributed by atoms with Gasteiger partial charge in [0.05, 0.1) is 6.04 Å². The number of halogens is 2. The van der Waals surface area contributed by atoms with E-state index < -0.39 is 0 Å². The van der Waals surface area contributed by atoms with Crippen molar-refractivity contribution in [2.45, 2.75) is 26.3 Å². The lowest BCUT2D eigenvalue weighted by Gasteiger charge is -2.20. The van der Waals surface area contributed by atoms with Crippen LogP contribution in [-0.4, -0.2) is 54.7 Å². The van der Waals surface area contributed by atoms with E-state index in [0.717, 1.165) is 37.8 Å². The van der Waals surface area contributed by atoms with Crippen LogP contribution in [0.15, 0.2) is 0 Å². The zero-order valence-electron chi connectivity index (χ0n) is 11.1. The molecule has 0 aromatic carbocycles. The first-order valence-corrected chi connectivity index (χ1v) is 7.24. The van der Waals surface area contributed by atoms with Gasteiger partial charge >= 0.3 is 0 Å². The molecule has 4 nitrogen and oxygen atoms in total. The van der Waals surface area contributed by atoms with E-state index in [1.807, 2.05) is 0 Å². The van der Waals surface area contributed by atoms with Crippen LogP contribution in [0, 0.1) is 0 Å². The molecule has 0 radical (unpaired) electrons. The molecule has 0 aliphatic carbocycles. The van der Waals surface area contributed by atoms with E-state index in [4.69, 9.17) is 0 Å². The van der Waals surface area contributed by atoms with Gasteiger partial charge in [-0.05, 0) is 19.5 Å². The van der Waals surface area contributed by atoms with Crippen molar-refractivity contribution in [3.63, 3.8) is 0 Å². The lowest BCUT2D eigenvalue weighted by molar-refractivity contribution is -0.122. The highest BCUT2D eigenvalue weighted by molar-refractivity contribution is 7.99. The molecule has 1 saturated heterocycles. The van der Waals surface area contributed by atoms with E-state index in [1.165, 1.54) is 6.42 Å². The van der Waals surface area contributed by atoms with E-state index in [2.05, 4.69) is 29.4 Å². The Morgan fingerprint density at radius 1 is 1.39 bits per heavy atom. The Morgan fingerprint density at radius 3 is 2.61 bits per heavy atom. The van der Waals surface area contributed by atoms with Crippen molar-refractivity contribution in [1.82, 2.24) is 15.5 Å². The fourth-order valence-electron chi connectivity index (χ4n) is 1.77. The number of hydrogen-bond donors (Lipinski definition) is 2. The number of carbonyl (C=O) groups is 1. The fraction of sp³-hybridized carbons (Fsp3) is 0.909. The van der Waals surface area contributed by atoms with Gasteiger partial charge in [0.2, 0.25) is 5.91 Å². The minimum absolute atomic E-state index is 0. The monoisotopic (exact) mass is 317 g/mol. The third-order valence-electron chi connectivity index (χ3n) is 2.75. The summed E-state index contributed by atoms with van der Waals surface area (Å²) >= 11 is 1.78.